The molecule has 0 aliphatic carbocycles. The van der Waals surface area contributed by atoms with Gasteiger partial charge in [0.1, 0.15) is 29.8 Å². The van der Waals surface area contributed by atoms with Gasteiger partial charge in [0.05, 0.1) is 0 Å². The van der Waals surface area contributed by atoms with Crippen molar-refractivity contribution in [1.82, 2.24) is 4.90 Å². The van der Waals surface area contributed by atoms with Crippen LogP contribution in [0.3, 0.4) is 0 Å². The van der Waals surface area contributed by atoms with Crippen molar-refractivity contribution in [3.05, 3.63) is 71.2 Å². The molecule has 1 atom stereocenters. The van der Waals surface area contributed by atoms with Crippen molar-refractivity contribution in [3.63, 3.8) is 0 Å². The Labute approximate surface area is 182 Å². The Bertz CT molecular complexity index is 1040. The summed E-state index contributed by atoms with van der Waals surface area (Å²) in [6, 6.07) is 20.0. The number of piperidine rings is 1. The molecule has 0 radical (unpaired) electrons. The Morgan fingerprint density at radius 3 is 2.73 bits per heavy atom. The highest BCUT2D eigenvalue weighted by Gasteiger charge is 2.42. The van der Waals surface area contributed by atoms with Crippen LogP contribution in [0.15, 0.2) is 60.7 Å². The Balaban J connectivity index is 1.13. The van der Waals surface area contributed by atoms with E-state index < -0.39 is 6.10 Å². The molecule has 4 nitrogen and oxygen atoms in total. The Kier molecular flexibility index (Phi) is 5.32. The highest BCUT2D eigenvalue weighted by atomic mass is 35.5. The zero-order valence-electron chi connectivity index (χ0n) is 16.9. The summed E-state index contributed by atoms with van der Waals surface area (Å²) in [4.78, 5) is 2.31. The van der Waals surface area contributed by atoms with Crippen LogP contribution in [0.4, 0.5) is 0 Å². The van der Waals surface area contributed by atoms with Gasteiger partial charge in [-0.3, -0.25) is 0 Å². The molecule has 0 unspecified atom stereocenters. The number of hydrogen-bond donors (Lipinski definition) is 1. The number of ether oxygens (including phenoxy) is 2. The number of nitrogens with zero attached hydrogens (tertiary/aromatic N) is 1. The van der Waals surface area contributed by atoms with Gasteiger partial charge in [0.15, 0.2) is 0 Å². The Hall–Kier alpha value is -2.27. The van der Waals surface area contributed by atoms with E-state index in [1.807, 2.05) is 48.5 Å². The predicted molar refractivity (Wildman–Crippen MR) is 120 cm³/mol. The third-order valence-corrected chi connectivity index (χ3v) is 6.51. The highest BCUT2D eigenvalue weighted by Crippen LogP contribution is 2.41. The fraction of sp³-hybridized carbons (Fsp3) is 0.360. The van der Waals surface area contributed by atoms with Crippen LogP contribution in [0.25, 0.3) is 10.8 Å². The lowest BCUT2D eigenvalue weighted by Crippen LogP contribution is -2.49. The predicted octanol–water partition coefficient (Wildman–Crippen LogP) is 4.70. The van der Waals surface area contributed by atoms with Gasteiger partial charge in [0.25, 0.3) is 0 Å². The number of halogens is 1. The molecule has 1 spiro atoms. The van der Waals surface area contributed by atoms with Crippen LogP contribution < -0.4 is 9.47 Å². The topological polar surface area (TPSA) is 41.9 Å². The number of fused-ring (bicyclic) bond motifs is 2. The number of rotatable bonds is 5. The molecular weight excluding hydrogens is 398 g/mol. The maximum atomic E-state index is 10.6. The fourth-order valence-corrected chi connectivity index (χ4v) is 4.88. The number of β-amino-alcohol motifs (C(OH)–C–C–N with tert-alkyl or cyclic N) is 1. The van der Waals surface area contributed by atoms with E-state index in [0.29, 0.717) is 6.54 Å². The summed E-state index contributed by atoms with van der Waals surface area (Å²) in [6.07, 6.45) is 2.30. The van der Waals surface area contributed by atoms with Crippen LogP contribution in [0.1, 0.15) is 18.4 Å². The van der Waals surface area contributed by atoms with Gasteiger partial charge in [-0.1, -0.05) is 48.0 Å². The normalized spacial score (nSPS) is 18.9. The van der Waals surface area contributed by atoms with E-state index >= 15 is 0 Å². The second kappa shape index (κ2) is 8.10. The molecule has 1 N–H and O–H groups in total. The van der Waals surface area contributed by atoms with Gasteiger partial charge >= 0.3 is 0 Å². The molecule has 0 saturated carbocycles. The lowest BCUT2D eigenvalue weighted by Gasteiger charge is -2.39. The summed E-state index contributed by atoms with van der Waals surface area (Å²) in [6.45, 7) is 2.72. The summed E-state index contributed by atoms with van der Waals surface area (Å²) >= 11 is 6.13. The van der Waals surface area contributed by atoms with Crippen LogP contribution in [-0.2, 0) is 6.42 Å². The van der Waals surface area contributed by atoms with Crippen molar-refractivity contribution in [3.8, 4) is 11.5 Å². The van der Waals surface area contributed by atoms with Crippen LogP contribution in [0.2, 0.25) is 5.02 Å². The molecule has 1 fully saturated rings. The van der Waals surface area contributed by atoms with E-state index in [0.717, 1.165) is 59.6 Å². The third-order valence-electron chi connectivity index (χ3n) is 6.28. The first-order valence-corrected chi connectivity index (χ1v) is 11.0. The molecule has 2 heterocycles. The maximum absolute atomic E-state index is 10.6. The van der Waals surface area contributed by atoms with E-state index in [1.165, 1.54) is 5.56 Å². The van der Waals surface area contributed by atoms with Gasteiger partial charge in [-0.25, -0.2) is 0 Å². The minimum absolute atomic E-state index is 0.117. The largest absolute Gasteiger partial charge is 0.490 e. The van der Waals surface area contributed by atoms with Crippen molar-refractivity contribution in [1.29, 1.82) is 0 Å². The average molecular weight is 424 g/mol. The summed E-state index contributed by atoms with van der Waals surface area (Å²) in [7, 11) is 0. The summed E-state index contributed by atoms with van der Waals surface area (Å²) in [5, 5.41) is 13.5. The zero-order valence-corrected chi connectivity index (χ0v) is 17.6. The number of likely N-dealkylation sites (tertiary alicyclic amines) is 1. The molecule has 30 heavy (non-hydrogen) atoms. The first-order chi connectivity index (χ1) is 14.6. The van der Waals surface area contributed by atoms with Crippen LogP contribution in [0, 0.1) is 0 Å². The molecule has 1 saturated heterocycles. The molecule has 2 aliphatic rings. The van der Waals surface area contributed by atoms with Gasteiger partial charge < -0.3 is 19.5 Å². The highest BCUT2D eigenvalue weighted by molar-refractivity contribution is 6.30. The quantitative estimate of drug-likeness (QED) is 0.645. The second-order valence-electron chi connectivity index (χ2n) is 8.46. The summed E-state index contributed by atoms with van der Waals surface area (Å²) < 4.78 is 12.3. The lowest BCUT2D eigenvalue weighted by molar-refractivity contribution is -0.00186. The van der Waals surface area contributed by atoms with Gasteiger partial charge in [-0.05, 0) is 35.2 Å². The monoisotopic (exact) mass is 423 g/mol. The van der Waals surface area contributed by atoms with Gasteiger partial charge in [-0.15, -0.1) is 0 Å². The van der Waals surface area contributed by atoms with E-state index in [4.69, 9.17) is 21.1 Å². The van der Waals surface area contributed by atoms with Crippen molar-refractivity contribution in [2.75, 3.05) is 26.2 Å². The SMILES string of the molecule is O[C@H](COc1cccc2ccccc12)CN1CCC2(CC1)Cc1cc(Cl)ccc1O2. The molecular formula is C25H26ClNO3. The molecule has 0 amide bonds. The Morgan fingerprint density at radius 1 is 1.07 bits per heavy atom. The lowest BCUT2D eigenvalue weighted by atomic mass is 9.87. The van der Waals surface area contributed by atoms with Crippen LogP contribution in [-0.4, -0.2) is 48.0 Å². The fourth-order valence-electron chi connectivity index (χ4n) is 4.68. The van der Waals surface area contributed by atoms with Gasteiger partial charge in [0, 0.05) is 49.3 Å². The standard InChI is InChI=1S/C25H26ClNO3/c26-20-8-9-23-19(14-20)15-25(30-23)10-12-27(13-11-25)16-21(28)17-29-24-7-3-5-18-4-1-2-6-22(18)24/h1-9,14,21,28H,10-13,15-17H2/t21-/m0/s1. The van der Waals surface area contributed by atoms with Crippen molar-refractivity contribution < 1.29 is 14.6 Å². The Morgan fingerprint density at radius 2 is 1.87 bits per heavy atom. The second-order valence-corrected chi connectivity index (χ2v) is 8.89. The molecule has 3 aromatic rings. The number of aliphatic hydroxyl groups is 1. The molecule has 2 aliphatic heterocycles. The van der Waals surface area contributed by atoms with Gasteiger partial charge in [-0.2, -0.15) is 0 Å². The molecule has 156 valence electrons. The minimum atomic E-state index is -0.529. The number of aliphatic hydroxyl groups excluding tert-OH is 1. The summed E-state index contributed by atoms with van der Waals surface area (Å²) in [5.74, 6) is 1.79. The van der Waals surface area contributed by atoms with Crippen LogP contribution >= 0.6 is 11.6 Å². The number of hydrogen-bond acceptors (Lipinski definition) is 4. The molecule has 5 rings (SSSR count). The summed E-state index contributed by atoms with van der Waals surface area (Å²) in [5.41, 5.74) is 1.09. The van der Waals surface area contributed by atoms with Crippen LogP contribution in [0.5, 0.6) is 11.5 Å². The van der Waals surface area contributed by atoms with Crippen molar-refractivity contribution >= 4 is 22.4 Å². The van der Waals surface area contributed by atoms with Gasteiger partial charge in [0.2, 0.25) is 0 Å². The van der Waals surface area contributed by atoms with E-state index in [1.54, 1.807) is 0 Å². The van der Waals surface area contributed by atoms with E-state index in [9.17, 15) is 5.11 Å². The smallest absolute Gasteiger partial charge is 0.127 e. The molecule has 0 aromatic heterocycles. The van der Waals surface area contributed by atoms with E-state index in [2.05, 4.69) is 17.0 Å². The van der Waals surface area contributed by atoms with Crippen molar-refractivity contribution in [2.45, 2.75) is 31.0 Å². The number of benzene rings is 3. The third kappa shape index (κ3) is 4.00. The molecule has 0 bridgehead atoms. The zero-order chi connectivity index (χ0) is 20.6. The van der Waals surface area contributed by atoms with Crippen molar-refractivity contribution in [2.24, 2.45) is 0 Å². The first kappa shape index (κ1) is 19.7. The van der Waals surface area contributed by atoms with E-state index in [-0.39, 0.29) is 12.2 Å². The molecule has 5 heteroatoms. The maximum Gasteiger partial charge on any atom is 0.127 e. The first-order valence-electron chi connectivity index (χ1n) is 10.6. The average Bonchev–Trinajstić information content (AvgIpc) is 3.11. The molecule has 3 aromatic carbocycles. The minimum Gasteiger partial charge on any atom is -0.490 e.